The second-order valence-corrected chi connectivity index (χ2v) is 5.53. The fourth-order valence-corrected chi connectivity index (χ4v) is 1.97. The summed E-state index contributed by atoms with van der Waals surface area (Å²) in [6.45, 7) is 3.55. The van der Waals surface area contributed by atoms with Crippen LogP contribution in [0.2, 0.25) is 0 Å². The number of alkyl halides is 3. The number of hydrazone groups is 1. The Kier molecular flexibility index (Phi) is 5.76. The third kappa shape index (κ3) is 5.17. The molecule has 0 aliphatic carbocycles. The van der Waals surface area contributed by atoms with Gasteiger partial charge in [-0.05, 0) is 43.7 Å². The average molecular weight is 363 g/mol. The molecule has 0 radical (unpaired) electrons. The summed E-state index contributed by atoms with van der Waals surface area (Å²) in [5, 5.41) is 5.72. The number of aryl methyl sites for hydroxylation is 1. The second-order valence-electron chi connectivity index (χ2n) is 5.53. The van der Waals surface area contributed by atoms with E-state index in [1.54, 1.807) is 36.5 Å². The zero-order valence-corrected chi connectivity index (χ0v) is 14.0. The topological polar surface area (TPSA) is 70.6 Å². The largest absolute Gasteiger partial charge is 0.471 e. The fraction of sp³-hybridized carbons (Fsp3) is 0.167. The van der Waals surface area contributed by atoms with Crippen LogP contribution in [0.15, 0.2) is 53.6 Å². The number of halogens is 3. The number of carbonyl (C=O) groups is 2. The molecular formula is C18H16F3N3O2. The lowest BCUT2D eigenvalue weighted by molar-refractivity contribution is -0.167. The molecule has 2 aromatic carbocycles. The molecule has 0 spiro atoms. The van der Waals surface area contributed by atoms with Gasteiger partial charge in [-0.25, -0.2) is 5.43 Å². The minimum Gasteiger partial charge on any atom is -0.318 e. The lowest BCUT2D eigenvalue weighted by atomic mass is 10.1. The van der Waals surface area contributed by atoms with Crippen LogP contribution < -0.4 is 10.7 Å². The summed E-state index contributed by atoms with van der Waals surface area (Å²) in [6.07, 6.45) is -4.95. The van der Waals surface area contributed by atoms with Gasteiger partial charge in [0.05, 0.1) is 5.71 Å². The summed E-state index contributed by atoms with van der Waals surface area (Å²) in [6, 6.07) is 12.6. The molecule has 0 aromatic heterocycles. The van der Waals surface area contributed by atoms with Gasteiger partial charge in [0.25, 0.3) is 5.91 Å². The van der Waals surface area contributed by atoms with Gasteiger partial charge in [-0.15, -0.1) is 0 Å². The maximum absolute atomic E-state index is 12.2. The fourth-order valence-electron chi connectivity index (χ4n) is 1.97. The second kappa shape index (κ2) is 7.81. The van der Waals surface area contributed by atoms with Crippen LogP contribution >= 0.6 is 0 Å². The first-order valence-electron chi connectivity index (χ1n) is 7.57. The third-order valence-corrected chi connectivity index (χ3v) is 3.46. The van der Waals surface area contributed by atoms with Gasteiger partial charge in [-0.2, -0.15) is 18.3 Å². The normalized spacial score (nSPS) is 11.8. The molecule has 0 heterocycles. The number of nitrogens with zero attached hydrogens (tertiary/aromatic N) is 1. The van der Waals surface area contributed by atoms with Crippen molar-refractivity contribution < 1.29 is 22.8 Å². The highest BCUT2D eigenvalue weighted by Gasteiger charge is 2.38. The molecule has 5 nitrogen and oxygen atoms in total. The highest BCUT2D eigenvalue weighted by Crippen LogP contribution is 2.18. The van der Waals surface area contributed by atoms with E-state index in [0.29, 0.717) is 16.8 Å². The quantitative estimate of drug-likeness (QED) is 0.643. The van der Waals surface area contributed by atoms with Crippen molar-refractivity contribution >= 4 is 23.2 Å². The van der Waals surface area contributed by atoms with Crippen molar-refractivity contribution in [3.63, 3.8) is 0 Å². The molecule has 0 bridgehead atoms. The first-order valence-corrected chi connectivity index (χ1v) is 7.57. The Morgan fingerprint density at radius 3 is 2.00 bits per heavy atom. The van der Waals surface area contributed by atoms with E-state index in [1.165, 1.54) is 24.3 Å². The lowest BCUT2D eigenvalue weighted by Gasteiger charge is -2.08. The van der Waals surface area contributed by atoms with Crippen LogP contribution in [0.1, 0.15) is 28.4 Å². The van der Waals surface area contributed by atoms with E-state index < -0.39 is 12.1 Å². The first-order chi connectivity index (χ1) is 12.2. The predicted molar refractivity (Wildman–Crippen MR) is 92.0 cm³/mol. The average Bonchev–Trinajstić information content (AvgIpc) is 2.59. The number of nitrogens with one attached hydrogen (secondary N) is 2. The standard InChI is InChI=1S/C18H16F3N3O2/c1-11-3-5-14(6-4-11)16(25)24-23-12(2)13-7-9-15(10-8-13)22-17(26)18(19,20)21/h3-10H,1-2H3,(H,22,26)(H,24,25)/b23-12-. The number of carbonyl (C=O) groups excluding carboxylic acids is 2. The molecular weight excluding hydrogens is 347 g/mol. The Labute approximate surface area is 147 Å². The molecule has 0 aliphatic heterocycles. The van der Waals surface area contributed by atoms with Crippen molar-refractivity contribution in [2.24, 2.45) is 5.10 Å². The van der Waals surface area contributed by atoms with Crippen LogP contribution in [-0.2, 0) is 4.79 Å². The van der Waals surface area contributed by atoms with Gasteiger partial charge in [0, 0.05) is 11.3 Å². The van der Waals surface area contributed by atoms with Crippen LogP contribution in [0.5, 0.6) is 0 Å². The monoisotopic (exact) mass is 363 g/mol. The number of amides is 2. The molecule has 2 N–H and O–H groups in total. The molecule has 0 saturated heterocycles. The van der Waals surface area contributed by atoms with Crippen LogP contribution in [0.3, 0.4) is 0 Å². The van der Waals surface area contributed by atoms with Gasteiger partial charge in [-0.1, -0.05) is 29.8 Å². The Hall–Kier alpha value is -3.16. The zero-order chi connectivity index (χ0) is 19.3. The molecule has 2 amide bonds. The number of hydrogen-bond donors (Lipinski definition) is 2. The maximum Gasteiger partial charge on any atom is 0.471 e. The van der Waals surface area contributed by atoms with Gasteiger partial charge in [0.15, 0.2) is 0 Å². The summed E-state index contributed by atoms with van der Waals surface area (Å²) in [4.78, 5) is 22.9. The molecule has 0 unspecified atom stereocenters. The predicted octanol–water partition coefficient (Wildman–Crippen LogP) is 3.65. The summed E-state index contributed by atoms with van der Waals surface area (Å²) < 4.78 is 36.6. The summed E-state index contributed by atoms with van der Waals surface area (Å²) in [5.74, 6) is -2.42. The number of benzene rings is 2. The summed E-state index contributed by atoms with van der Waals surface area (Å²) in [5.41, 5.74) is 4.94. The van der Waals surface area contributed by atoms with Crippen LogP contribution in [0.4, 0.5) is 18.9 Å². The number of anilines is 1. The number of hydrogen-bond acceptors (Lipinski definition) is 3. The lowest BCUT2D eigenvalue weighted by Crippen LogP contribution is -2.29. The van der Waals surface area contributed by atoms with Crippen molar-refractivity contribution in [1.82, 2.24) is 5.43 Å². The van der Waals surface area contributed by atoms with Crippen LogP contribution in [0.25, 0.3) is 0 Å². The van der Waals surface area contributed by atoms with Crippen molar-refractivity contribution in [2.75, 3.05) is 5.32 Å². The zero-order valence-electron chi connectivity index (χ0n) is 14.0. The minimum absolute atomic E-state index is 0.00701. The van der Waals surface area contributed by atoms with E-state index in [4.69, 9.17) is 0 Å². The first kappa shape index (κ1) is 19.2. The Balaban J connectivity index is 2.01. The van der Waals surface area contributed by atoms with Gasteiger partial charge >= 0.3 is 12.1 Å². The van der Waals surface area contributed by atoms with Gasteiger partial charge < -0.3 is 5.32 Å². The Morgan fingerprint density at radius 2 is 1.46 bits per heavy atom. The van der Waals surface area contributed by atoms with Crippen molar-refractivity contribution in [3.05, 3.63) is 65.2 Å². The minimum atomic E-state index is -4.95. The van der Waals surface area contributed by atoms with Crippen molar-refractivity contribution in [1.29, 1.82) is 0 Å². The molecule has 136 valence electrons. The van der Waals surface area contributed by atoms with Gasteiger partial charge in [-0.3, -0.25) is 9.59 Å². The van der Waals surface area contributed by atoms with E-state index in [0.717, 1.165) is 5.56 Å². The Morgan fingerprint density at radius 1 is 0.923 bits per heavy atom. The SMILES string of the molecule is C/C(=N/NC(=O)c1ccc(C)cc1)c1ccc(NC(=O)C(F)(F)F)cc1. The molecule has 0 aliphatic rings. The smallest absolute Gasteiger partial charge is 0.318 e. The van der Waals surface area contributed by atoms with E-state index in [2.05, 4.69) is 10.5 Å². The van der Waals surface area contributed by atoms with Crippen LogP contribution in [-0.4, -0.2) is 23.7 Å². The molecule has 2 rings (SSSR count). The molecule has 26 heavy (non-hydrogen) atoms. The maximum atomic E-state index is 12.2. The van der Waals surface area contributed by atoms with Gasteiger partial charge in [0.2, 0.25) is 0 Å². The molecule has 0 saturated carbocycles. The van der Waals surface area contributed by atoms with E-state index in [1.807, 2.05) is 6.92 Å². The third-order valence-electron chi connectivity index (χ3n) is 3.46. The summed E-state index contributed by atoms with van der Waals surface area (Å²) >= 11 is 0. The number of rotatable bonds is 4. The highest BCUT2D eigenvalue weighted by molar-refractivity contribution is 6.01. The van der Waals surface area contributed by atoms with E-state index >= 15 is 0 Å². The Bertz CT molecular complexity index is 826. The van der Waals surface area contributed by atoms with Crippen molar-refractivity contribution in [3.8, 4) is 0 Å². The highest BCUT2D eigenvalue weighted by atomic mass is 19.4. The van der Waals surface area contributed by atoms with Crippen LogP contribution in [0, 0.1) is 6.92 Å². The summed E-state index contributed by atoms with van der Waals surface area (Å²) in [7, 11) is 0. The van der Waals surface area contributed by atoms with E-state index in [9.17, 15) is 22.8 Å². The van der Waals surface area contributed by atoms with Gasteiger partial charge in [0.1, 0.15) is 0 Å². The molecule has 2 aromatic rings. The molecule has 8 heteroatoms. The van der Waals surface area contributed by atoms with E-state index in [-0.39, 0.29) is 11.6 Å². The molecule has 0 atom stereocenters. The van der Waals surface area contributed by atoms with Crippen molar-refractivity contribution in [2.45, 2.75) is 20.0 Å². The molecule has 0 fully saturated rings.